The van der Waals surface area contributed by atoms with Crippen LogP contribution in [-0.4, -0.2) is 33.5 Å². The Morgan fingerprint density at radius 3 is 1.88 bits per heavy atom. The van der Waals surface area contributed by atoms with Crippen LogP contribution in [0.25, 0.3) is 0 Å². The molecule has 25 heavy (non-hydrogen) atoms. The van der Waals surface area contributed by atoms with Gasteiger partial charge >= 0.3 is 0 Å². The first-order chi connectivity index (χ1) is 11.0. The Bertz CT molecular complexity index is 704. The normalized spacial score (nSPS) is 12.4. The van der Waals surface area contributed by atoms with Crippen LogP contribution in [0.15, 0.2) is 4.90 Å². The molecule has 0 spiro atoms. The average Bonchev–Trinajstić information content (AvgIpc) is 2.50. The van der Waals surface area contributed by atoms with Crippen molar-refractivity contribution in [3.8, 4) is 0 Å². The molecule has 1 aromatic rings. The summed E-state index contributed by atoms with van der Waals surface area (Å²) in [5.41, 5.74) is 10.0. The Labute approximate surface area is 157 Å². The molecule has 0 unspecified atom stereocenters. The van der Waals surface area contributed by atoms with E-state index < -0.39 is 10.0 Å². The zero-order valence-electron chi connectivity index (χ0n) is 15.8. The number of amides is 1. The monoisotopic (exact) mass is 391 g/mol. The molecule has 0 aliphatic rings. The molecule has 0 saturated heterocycles. The van der Waals surface area contributed by atoms with Crippen LogP contribution in [0, 0.1) is 34.6 Å². The third-order valence-corrected chi connectivity index (χ3v) is 6.34. The molecule has 0 aliphatic carbocycles. The SMILES string of the molecule is Cc1c(C)c(C)c(S(=O)(=O)NCCC(=O)N[C@@H](C)CN)c(C)c1C.Cl. The lowest BCUT2D eigenvalue weighted by molar-refractivity contribution is -0.121. The maximum Gasteiger partial charge on any atom is 0.241 e. The molecule has 1 atom stereocenters. The first kappa shape index (κ1) is 23.9. The average molecular weight is 392 g/mol. The van der Waals surface area contributed by atoms with Crippen LogP contribution in [0.1, 0.15) is 41.2 Å². The number of nitrogens with one attached hydrogen (secondary N) is 2. The van der Waals surface area contributed by atoms with Gasteiger partial charge in [-0.25, -0.2) is 13.1 Å². The van der Waals surface area contributed by atoms with E-state index in [1.54, 1.807) is 6.92 Å². The number of rotatable bonds is 7. The van der Waals surface area contributed by atoms with Gasteiger partial charge in [0.2, 0.25) is 15.9 Å². The minimum absolute atomic E-state index is 0. The van der Waals surface area contributed by atoms with Crippen molar-refractivity contribution in [1.82, 2.24) is 10.0 Å². The van der Waals surface area contributed by atoms with E-state index in [1.165, 1.54) is 0 Å². The van der Waals surface area contributed by atoms with E-state index >= 15 is 0 Å². The summed E-state index contributed by atoms with van der Waals surface area (Å²) in [7, 11) is -3.67. The van der Waals surface area contributed by atoms with E-state index in [0.717, 1.165) is 27.8 Å². The summed E-state index contributed by atoms with van der Waals surface area (Å²) in [4.78, 5) is 12.0. The van der Waals surface area contributed by atoms with E-state index in [4.69, 9.17) is 5.73 Å². The molecule has 0 bridgehead atoms. The smallest absolute Gasteiger partial charge is 0.241 e. The van der Waals surface area contributed by atoms with Crippen LogP contribution >= 0.6 is 12.4 Å². The van der Waals surface area contributed by atoms with Crippen molar-refractivity contribution < 1.29 is 13.2 Å². The molecule has 0 fully saturated rings. The molecule has 0 heterocycles. The molecular weight excluding hydrogens is 362 g/mol. The van der Waals surface area contributed by atoms with Gasteiger partial charge in [-0.05, 0) is 69.4 Å². The highest BCUT2D eigenvalue weighted by molar-refractivity contribution is 7.89. The lowest BCUT2D eigenvalue weighted by Crippen LogP contribution is -2.39. The maximum atomic E-state index is 12.7. The Hall–Kier alpha value is -1.15. The van der Waals surface area contributed by atoms with Crippen molar-refractivity contribution >= 4 is 28.3 Å². The summed E-state index contributed by atoms with van der Waals surface area (Å²) in [5.74, 6) is -0.222. The van der Waals surface area contributed by atoms with Gasteiger partial charge in [-0.1, -0.05) is 0 Å². The third-order valence-electron chi connectivity index (χ3n) is 4.60. The second-order valence-corrected chi connectivity index (χ2v) is 8.01. The van der Waals surface area contributed by atoms with Crippen LogP contribution < -0.4 is 15.8 Å². The Morgan fingerprint density at radius 1 is 1.00 bits per heavy atom. The Balaban J connectivity index is 0.00000576. The molecule has 1 amide bonds. The van der Waals surface area contributed by atoms with Gasteiger partial charge in [0.1, 0.15) is 0 Å². The highest BCUT2D eigenvalue weighted by atomic mass is 35.5. The highest BCUT2D eigenvalue weighted by Gasteiger charge is 2.23. The Morgan fingerprint density at radius 2 is 1.44 bits per heavy atom. The van der Waals surface area contributed by atoms with Gasteiger partial charge in [-0.3, -0.25) is 4.79 Å². The minimum atomic E-state index is -3.67. The first-order valence-corrected chi connectivity index (χ1v) is 9.57. The van der Waals surface area contributed by atoms with E-state index in [1.807, 2.05) is 34.6 Å². The first-order valence-electron chi connectivity index (χ1n) is 8.09. The maximum absolute atomic E-state index is 12.7. The van der Waals surface area contributed by atoms with Crippen molar-refractivity contribution in [3.63, 3.8) is 0 Å². The van der Waals surface area contributed by atoms with Crippen molar-refractivity contribution in [3.05, 3.63) is 27.8 Å². The lowest BCUT2D eigenvalue weighted by atomic mass is 9.95. The molecule has 0 aromatic heterocycles. The quantitative estimate of drug-likeness (QED) is 0.659. The fraction of sp³-hybridized carbons (Fsp3) is 0.588. The van der Waals surface area contributed by atoms with Gasteiger partial charge in [0.05, 0.1) is 4.90 Å². The second kappa shape index (κ2) is 9.52. The van der Waals surface area contributed by atoms with Crippen LogP contribution in [0.4, 0.5) is 0 Å². The molecule has 0 saturated carbocycles. The predicted molar refractivity (Wildman–Crippen MR) is 104 cm³/mol. The predicted octanol–water partition coefficient (Wildman–Crippen LogP) is 1.78. The molecule has 1 rings (SSSR count). The molecular formula is C17H30ClN3O3S. The number of carbonyl (C=O) groups is 1. The van der Waals surface area contributed by atoms with Crippen LogP contribution in [0.3, 0.4) is 0 Å². The number of hydrogen-bond acceptors (Lipinski definition) is 4. The standard InChI is InChI=1S/C17H29N3O3S.ClH/c1-10(9-18)20-16(21)7-8-19-24(22,23)17-14(5)12(3)11(2)13(4)15(17)6;/h10,19H,7-9,18H2,1-6H3,(H,20,21);1H/t10-;/m0./s1. The van der Waals surface area contributed by atoms with Gasteiger partial charge < -0.3 is 11.1 Å². The largest absolute Gasteiger partial charge is 0.352 e. The van der Waals surface area contributed by atoms with Gasteiger partial charge in [0.15, 0.2) is 0 Å². The lowest BCUT2D eigenvalue weighted by Gasteiger charge is -2.19. The van der Waals surface area contributed by atoms with E-state index in [0.29, 0.717) is 11.4 Å². The molecule has 144 valence electrons. The van der Waals surface area contributed by atoms with Crippen LogP contribution in [0.5, 0.6) is 0 Å². The van der Waals surface area contributed by atoms with Crippen molar-refractivity contribution in [1.29, 1.82) is 0 Å². The van der Waals surface area contributed by atoms with E-state index in [2.05, 4.69) is 10.0 Å². The number of nitrogens with two attached hydrogens (primary N) is 1. The van der Waals surface area contributed by atoms with Crippen LogP contribution in [0.2, 0.25) is 0 Å². The fourth-order valence-electron chi connectivity index (χ4n) is 2.65. The number of sulfonamides is 1. The zero-order chi connectivity index (χ0) is 18.7. The minimum Gasteiger partial charge on any atom is -0.352 e. The molecule has 6 nitrogen and oxygen atoms in total. The Kier molecular flexibility index (Phi) is 9.08. The third kappa shape index (κ3) is 5.67. The van der Waals surface area contributed by atoms with Gasteiger partial charge in [0, 0.05) is 25.6 Å². The van der Waals surface area contributed by atoms with Crippen molar-refractivity contribution in [2.45, 2.75) is 58.9 Å². The summed E-state index contributed by atoms with van der Waals surface area (Å²) in [6.45, 7) is 11.7. The number of hydrogen-bond donors (Lipinski definition) is 3. The van der Waals surface area contributed by atoms with Crippen molar-refractivity contribution in [2.24, 2.45) is 5.73 Å². The van der Waals surface area contributed by atoms with Gasteiger partial charge in [-0.2, -0.15) is 0 Å². The second-order valence-electron chi connectivity index (χ2n) is 6.31. The summed E-state index contributed by atoms with van der Waals surface area (Å²) in [5, 5.41) is 2.71. The fourth-order valence-corrected chi connectivity index (χ4v) is 4.27. The summed E-state index contributed by atoms with van der Waals surface area (Å²) in [6, 6.07) is -0.124. The zero-order valence-corrected chi connectivity index (χ0v) is 17.5. The molecule has 8 heteroatoms. The number of carbonyl (C=O) groups excluding carboxylic acids is 1. The molecule has 0 radical (unpaired) electrons. The van der Waals surface area contributed by atoms with E-state index in [9.17, 15) is 13.2 Å². The number of halogens is 1. The van der Waals surface area contributed by atoms with Gasteiger partial charge in [0.25, 0.3) is 0 Å². The topological polar surface area (TPSA) is 101 Å². The van der Waals surface area contributed by atoms with Crippen molar-refractivity contribution in [2.75, 3.05) is 13.1 Å². The van der Waals surface area contributed by atoms with E-state index in [-0.39, 0.29) is 37.3 Å². The molecule has 1 aromatic carbocycles. The molecule has 4 N–H and O–H groups in total. The van der Waals surface area contributed by atoms with Gasteiger partial charge in [-0.15, -0.1) is 12.4 Å². The summed E-state index contributed by atoms with van der Waals surface area (Å²) < 4.78 is 27.9. The highest BCUT2D eigenvalue weighted by Crippen LogP contribution is 2.29. The number of benzene rings is 1. The van der Waals surface area contributed by atoms with Crippen LogP contribution in [-0.2, 0) is 14.8 Å². The summed E-state index contributed by atoms with van der Waals surface area (Å²) in [6.07, 6.45) is 0.0749. The molecule has 0 aliphatic heterocycles. The summed E-state index contributed by atoms with van der Waals surface area (Å²) >= 11 is 0.